The molecule has 3 heteroatoms. The summed E-state index contributed by atoms with van der Waals surface area (Å²) in [5.74, 6) is 0. The van der Waals surface area contributed by atoms with Gasteiger partial charge in [-0.2, -0.15) is 0 Å². The Kier molecular flexibility index (Phi) is 4.24. The standard InChI is InChI=1S/C15H16ClNO/c1-17(10-12-6-8-14(16)9-7-12)15-5-3-2-4-13(15)11-18/h2-9,18H,10-11H2,1H3. The average molecular weight is 262 g/mol. The lowest BCUT2D eigenvalue weighted by molar-refractivity contribution is 0.282. The Morgan fingerprint density at radius 2 is 1.72 bits per heavy atom. The third kappa shape index (κ3) is 3.03. The Bertz CT molecular complexity index is 510. The number of aliphatic hydroxyl groups is 1. The summed E-state index contributed by atoms with van der Waals surface area (Å²) in [4.78, 5) is 2.12. The third-order valence-electron chi connectivity index (χ3n) is 2.91. The molecule has 0 atom stereocenters. The lowest BCUT2D eigenvalue weighted by atomic mass is 10.1. The number of benzene rings is 2. The smallest absolute Gasteiger partial charge is 0.0702 e. The van der Waals surface area contributed by atoms with Gasteiger partial charge in [-0.3, -0.25) is 0 Å². The molecule has 0 spiro atoms. The molecule has 2 nitrogen and oxygen atoms in total. The maximum absolute atomic E-state index is 9.33. The van der Waals surface area contributed by atoms with Gasteiger partial charge in [-0.25, -0.2) is 0 Å². The van der Waals surface area contributed by atoms with Crippen LogP contribution in [0.5, 0.6) is 0 Å². The van der Waals surface area contributed by atoms with Gasteiger partial charge < -0.3 is 10.0 Å². The van der Waals surface area contributed by atoms with Crippen molar-refractivity contribution in [3.63, 3.8) is 0 Å². The van der Waals surface area contributed by atoms with Crippen molar-refractivity contribution in [3.8, 4) is 0 Å². The average Bonchev–Trinajstić information content (AvgIpc) is 2.41. The molecule has 0 heterocycles. The number of halogens is 1. The molecule has 18 heavy (non-hydrogen) atoms. The van der Waals surface area contributed by atoms with Gasteiger partial charge >= 0.3 is 0 Å². The first-order valence-corrected chi connectivity index (χ1v) is 6.23. The van der Waals surface area contributed by atoms with Crippen LogP contribution in [0.2, 0.25) is 5.02 Å². The van der Waals surface area contributed by atoms with Crippen molar-refractivity contribution in [2.75, 3.05) is 11.9 Å². The molecule has 2 rings (SSSR count). The molecule has 0 aliphatic rings. The van der Waals surface area contributed by atoms with Crippen LogP contribution in [0.15, 0.2) is 48.5 Å². The number of aliphatic hydroxyl groups excluding tert-OH is 1. The number of para-hydroxylation sites is 1. The molecular formula is C15H16ClNO. The SMILES string of the molecule is CN(Cc1ccc(Cl)cc1)c1ccccc1CO. The van der Waals surface area contributed by atoms with Gasteiger partial charge in [0.25, 0.3) is 0 Å². The van der Waals surface area contributed by atoms with E-state index in [1.54, 1.807) is 0 Å². The van der Waals surface area contributed by atoms with Gasteiger partial charge in [0, 0.05) is 29.9 Å². The van der Waals surface area contributed by atoms with Crippen LogP contribution in [0.25, 0.3) is 0 Å². The summed E-state index contributed by atoms with van der Waals surface area (Å²) in [6.07, 6.45) is 0. The number of hydrogen-bond acceptors (Lipinski definition) is 2. The van der Waals surface area contributed by atoms with Crippen LogP contribution in [-0.4, -0.2) is 12.2 Å². The highest BCUT2D eigenvalue weighted by Crippen LogP contribution is 2.21. The van der Waals surface area contributed by atoms with Crippen LogP contribution in [0.4, 0.5) is 5.69 Å². The molecule has 0 radical (unpaired) electrons. The van der Waals surface area contributed by atoms with Crippen molar-refractivity contribution in [3.05, 3.63) is 64.7 Å². The fraction of sp³-hybridized carbons (Fsp3) is 0.200. The van der Waals surface area contributed by atoms with Crippen molar-refractivity contribution in [1.82, 2.24) is 0 Å². The Balaban J connectivity index is 2.16. The van der Waals surface area contributed by atoms with Crippen molar-refractivity contribution in [1.29, 1.82) is 0 Å². The predicted octanol–water partition coefficient (Wildman–Crippen LogP) is 3.47. The van der Waals surface area contributed by atoms with Crippen molar-refractivity contribution in [2.45, 2.75) is 13.2 Å². The van der Waals surface area contributed by atoms with E-state index in [9.17, 15) is 5.11 Å². The largest absolute Gasteiger partial charge is 0.392 e. The summed E-state index contributed by atoms with van der Waals surface area (Å²) in [7, 11) is 2.02. The second-order valence-electron chi connectivity index (χ2n) is 4.27. The van der Waals surface area contributed by atoms with Crippen LogP contribution in [0.1, 0.15) is 11.1 Å². The monoisotopic (exact) mass is 261 g/mol. The minimum absolute atomic E-state index is 0.0567. The van der Waals surface area contributed by atoms with Crippen molar-refractivity contribution >= 4 is 17.3 Å². The van der Waals surface area contributed by atoms with Crippen LogP contribution < -0.4 is 4.90 Å². The van der Waals surface area contributed by atoms with E-state index in [1.807, 2.05) is 55.6 Å². The summed E-state index contributed by atoms with van der Waals surface area (Å²) >= 11 is 5.87. The first-order valence-electron chi connectivity index (χ1n) is 5.85. The minimum Gasteiger partial charge on any atom is -0.392 e. The molecule has 0 aliphatic carbocycles. The van der Waals surface area contributed by atoms with Crippen molar-refractivity contribution in [2.24, 2.45) is 0 Å². The Labute approximate surface area is 112 Å². The number of hydrogen-bond donors (Lipinski definition) is 1. The van der Waals surface area contributed by atoms with Crippen LogP contribution >= 0.6 is 11.6 Å². The fourth-order valence-electron chi connectivity index (χ4n) is 1.97. The van der Waals surface area contributed by atoms with Gasteiger partial charge in [0.1, 0.15) is 0 Å². The van der Waals surface area contributed by atoms with E-state index >= 15 is 0 Å². The van der Waals surface area contributed by atoms with Crippen LogP contribution in [-0.2, 0) is 13.2 Å². The highest BCUT2D eigenvalue weighted by Gasteiger charge is 2.06. The first-order chi connectivity index (χ1) is 8.70. The van der Waals surface area contributed by atoms with Crippen LogP contribution in [0.3, 0.4) is 0 Å². The molecule has 2 aromatic rings. The quantitative estimate of drug-likeness (QED) is 0.911. The lowest BCUT2D eigenvalue weighted by Crippen LogP contribution is -2.17. The van der Waals surface area contributed by atoms with Gasteiger partial charge in [-0.15, -0.1) is 0 Å². The molecule has 0 unspecified atom stereocenters. The summed E-state index contributed by atoms with van der Waals surface area (Å²) < 4.78 is 0. The minimum atomic E-state index is 0.0567. The normalized spacial score (nSPS) is 10.4. The number of anilines is 1. The second kappa shape index (κ2) is 5.89. The fourth-order valence-corrected chi connectivity index (χ4v) is 2.09. The van der Waals surface area contributed by atoms with E-state index in [0.717, 1.165) is 22.8 Å². The Morgan fingerprint density at radius 1 is 1.06 bits per heavy atom. The van der Waals surface area contributed by atoms with E-state index in [1.165, 1.54) is 5.56 Å². The van der Waals surface area contributed by atoms with E-state index < -0.39 is 0 Å². The number of rotatable bonds is 4. The van der Waals surface area contributed by atoms with E-state index in [0.29, 0.717) is 0 Å². The molecular weight excluding hydrogens is 246 g/mol. The molecule has 94 valence electrons. The van der Waals surface area contributed by atoms with Gasteiger partial charge in [-0.1, -0.05) is 41.9 Å². The lowest BCUT2D eigenvalue weighted by Gasteiger charge is -2.22. The summed E-state index contributed by atoms with van der Waals surface area (Å²) in [5, 5.41) is 10.1. The maximum Gasteiger partial charge on any atom is 0.0702 e. The van der Waals surface area contributed by atoms with Gasteiger partial charge in [0.2, 0.25) is 0 Å². The van der Waals surface area contributed by atoms with E-state index in [-0.39, 0.29) is 6.61 Å². The molecule has 0 fully saturated rings. The predicted molar refractivity (Wildman–Crippen MR) is 75.9 cm³/mol. The zero-order valence-corrected chi connectivity index (χ0v) is 11.1. The molecule has 0 bridgehead atoms. The highest BCUT2D eigenvalue weighted by molar-refractivity contribution is 6.30. The van der Waals surface area contributed by atoms with Crippen molar-refractivity contribution < 1.29 is 5.11 Å². The van der Waals surface area contributed by atoms with Crippen LogP contribution in [0, 0.1) is 0 Å². The number of nitrogens with zero attached hydrogens (tertiary/aromatic N) is 1. The summed E-state index contributed by atoms with van der Waals surface area (Å²) in [5.41, 5.74) is 3.18. The first kappa shape index (κ1) is 12.9. The third-order valence-corrected chi connectivity index (χ3v) is 3.16. The Hall–Kier alpha value is -1.51. The topological polar surface area (TPSA) is 23.5 Å². The molecule has 0 aromatic heterocycles. The summed E-state index contributed by atoms with van der Waals surface area (Å²) in [6, 6.07) is 15.7. The van der Waals surface area contributed by atoms with E-state index in [2.05, 4.69) is 4.90 Å². The molecule has 2 aromatic carbocycles. The second-order valence-corrected chi connectivity index (χ2v) is 4.71. The highest BCUT2D eigenvalue weighted by atomic mass is 35.5. The molecule has 0 aliphatic heterocycles. The maximum atomic E-state index is 9.33. The summed E-state index contributed by atoms with van der Waals surface area (Å²) in [6.45, 7) is 0.843. The molecule has 1 N–H and O–H groups in total. The molecule has 0 amide bonds. The zero-order chi connectivity index (χ0) is 13.0. The van der Waals surface area contributed by atoms with Gasteiger partial charge in [0.05, 0.1) is 6.61 Å². The molecule has 0 saturated heterocycles. The van der Waals surface area contributed by atoms with E-state index in [4.69, 9.17) is 11.6 Å². The molecule has 0 saturated carbocycles. The Morgan fingerprint density at radius 3 is 2.39 bits per heavy atom. The van der Waals surface area contributed by atoms with Gasteiger partial charge in [-0.05, 0) is 23.8 Å². The zero-order valence-electron chi connectivity index (χ0n) is 10.3. The van der Waals surface area contributed by atoms with Gasteiger partial charge in [0.15, 0.2) is 0 Å².